The third kappa shape index (κ3) is 1.88. The third-order valence-electron chi connectivity index (χ3n) is 0.456. The molecule has 0 amide bonds. The Labute approximate surface area is 35.5 Å². The summed E-state index contributed by atoms with van der Waals surface area (Å²) in [4.78, 5) is 0. The van der Waals surface area contributed by atoms with Crippen molar-refractivity contribution in [2.45, 2.75) is 13.3 Å². The highest BCUT2D eigenvalue weighted by Gasteiger charge is 1.82. The third-order valence-corrected chi connectivity index (χ3v) is 0.456. The van der Waals surface area contributed by atoms with Gasteiger partial charge in [-0.25, -0.2) is 8.78 Å². The zero-order chi connectivity index (χ0) is 4.99. The maximum Gasteiger partial charge on any atom is 0.128 e. The molecule has 0 aromatic rings. The molecule has 0 N–H and O–H groups in total. The zero-order valence-electron chi connectivity index (χ0n) is 3.54. The normalized spacial score (nSPS) is 12.2. The summed E-state index contributed by atoms with van der Waals surface area (Å²) in [5.41, 5.74) is 0. The van der Waals surface area contributed by atoms with Crippen molar-refractivity contribution < 1.29 is 8.78 Å². The highest BCUT2D eigenvalue weighted by Crippen LogP contribution is 1.99. The molecular weight excluding hydrogens is 86.0 g/mol. The summed E-state index contributed by atoms with van der Waals surface area (Å²) in [5, 5.41) is 0. The van der Waals surface area contributed by atoms with E-state index in [2.05, 4.69) is 0 Å². The smallest absolute Gasteiger partial charge is 0.128 e. The van der Waals surface area contributed by atoms with E-state index >= 15 is 0 Å². The predicted molar refractivity (Wildman–Crippen MR) is 20.6 cm³/mol. The lowest BCUT2D eigenvalue weighted by molar-refractivity contribution is 0.558. The molecule has 0 fully saturated rings. The predicted octanol–water partition coefficient (Wildman–Crippen LogP) is 2.18. The quantitative estimate of drug-likeness (QED) is 0.465. The molecule has 0 nitrogen and oxygen atoms in total. The minimum Gasteiger partial charge on any atom is -0.213 e. The van der Waals surface area contributed by atoms with Crippen LogP contribution in [0.25, 0.3) is 0 Å². The van der Waals surface area contributed by atoms with Crippen molar-refractivity contribution in [3.05, 3.63) is 12.2 Å². The first kappa shape index (κ1) is 5.60. The van der Waals surface area contributed by atoms with Crippen LogP contribution in [0.2, 0.25) is 0 Å². The molecule has 0 aliphatic rings. The van der Waals surface area contributed by atoms with E-state index in [-0.39, 0.29) is 12.8 Å². The Hall–Kier alpha value is -0.400. The molecule has 0 rings (SSSR count). The summed E-state index contributed by atoms with van der Waals surface area (Å²) in [6.45, 7) is 1.55. The van der Waals surface area contributed by atoms with Gasteiger partial charge in [0, 0.05) is 0 Å². The van der Waals surface area contributed by atoms with Gasteiger partial charge in [0.2, 0.25) is 0 Å². The van der Waals surface area contributed by atoms with Crippen molar-refractivity contribution in [2.75, 3.05) is 0 Å². The molecule has 0 spiro atoms. The van der Waals surface area contributed by atoms with E-state index in [0.29, 0.717) is 0 Å². The Bertz CT molecular complexity index is 56.6. The van der Waals surface area contributed by atoms with E-state index in [4.69, 9.17) is 0 Å². The van der Waals surface area contributed by atoms with Crippen LogP contribution in [0.3, 0.4) is 0 Å². The molecule has 0 unspecified atom stereocenters. The Kier molecular flexibility index (Phi) is 2.63. The lowest BCUT2D eigenvalue weighted by Gasteiger charge is -1.77. The summed E-state index contributed by atoms with van der Waals surface area (Å²) in [6, 6.07) is 0. The molecule has 0 aliphatic heterocycles. The molecule has 0 saturated heterocycles. The lowest BCUT2D eigenvalue weighted by Crippen LogP contribution is -1.60. The van der Waals surface area contributed by atoms with Crippen molar-refractivity contribution in [2.24, 2.45) is 0 Å². The molecule has 0 aromatic carbocycles. The van der Waals surface area contributed by atoms with Crippen molar-refractivity contribution >= 4 is 0 Å². The van der Waals surface area contributed by atoms with E-state index < -0.39 is 5.83 Å². The average Bonchev–Trinajstić information content (AvgIpc) is 1.65. The van der Waals surface area contributed by atoms with Gasteiger partial charge >= 0.3 is 0 Å². The number of allylic oxidation sites excluding steroid dienone is 1. The number of rotatable bonds is 1. The molecule has 0 aliphatic carbocycles. The van der Waals surface area contributed by atoms with Gasteiger partial charge in [-0.05, 0) is 6.42 Å². The summed E-state index contributed by atoms with van der Waals surface area (Å²) in [5.74, 6) is -0.699. The van der Waals surface area contributed by atoms with E-state index in [9.17, 15) is 8.78 Å². The highest BCUT2D eigenvalue weighted by atomic mass is 19.2. The number of hydrogen-bond donors (Lipinski definition) is 0. The lowest BCUT2D eigenvalue weighted by atomic mass is 10.5. The minimum atomic E-state index is -0.699. The molecule has 0 radical (unpaired) electrons. The van der Waals surface area contributed by atoms with Crippen molar-refractivity contribution in [1.29, 1.82) is 0 Å². The van der Waals surface area contributed by atoms with Gasteiger partial charge in [0.05, 0.1) is 0 Å². The van der Waals surface area contributed by atoms with Crippen LogP contribution in [-0.4, -0.2) is 0 Å². The van der Waals surface area contributed by atoms with Crippen LogP contribution in [0.5, 0.6) is 0 Å². The first-order chi connectivity index (χ1) is 2.81. The zero-order valence-corrected chi connectivity index (χ0v) is 3.54. The molecule has 2 heteroatoms. The van der Waals surface area contributed by atoms with Crippen LogP contribution in [0.4, 0.5) is 8.78 Å². The molecule has 0 heterocycles. The summed E-state index contributed by atoms with van der Waals surface area (Å²) in [6.07, 6.45) is 0.122. The van der Waals surface area contributed by atoms with Crippen molar-refractivity contribution in [1.82, 2.24) is 0 Å². The van der Waals surface area contributed by atoms with Crippen LogP contribution < -0.4 is 0 Å². The first-order valence-electron chi connectivity index (χ1n) is 1.76. The maximum atomic E-state index is 11.3. The highest BCUT2D eigenvalue weighted by molar-refractivity contribution is 4.81. The van der Waals surface area contributed by atoms with Crippen LogP contribution in [0.1, 0.15) is 13.3 Å². The summed E-state index contributed by atoms with van der Waals surface area (Å²) < 4.78 is 22.2. The van der Waals surface area contributed by atoms with E-state index in [1.54, 1.807) is 6.92 Å². The Balaban J connectivity index is 3.22. The van der Waals surface area contributed by atoms with Gasteiger partial charge in [0.25, 0.3) is 0 Å². The molecule has 6 heavy (non-hydrogen) atoms. The fourth-order valence-electron chi connectivity index (χ4n) is 0.0772. The van der Waals surface area contributed by atoms with Gasteiger partial charge < -0.3 is 0 Å². The average molecular weight is 92.1 g/mol. The second kappa shape index (κ2) is 2.82. The van der Waals surface area contributed by atoms with Crippen LogP contribution >= 0.6 is 0 Å². The Morgan fingerprint density at radius 1 is 1.83 bits per heavy atom. The number of halogens is 2. The van der Waals surface area contributed by atoms with Gasteiger partial charge in [-0.15, -0.1) is 0 Å². The maximum absolute atomic E-state index is 11.3. The molecular formula is C4H6F2. The molecule has 0 atom stereocenters. The van der Waals surface area contributed by atoms with Gasteiger partial charge in [-0.2, -0.15) is 0 Å². The van der Waals surface area contributed by atoms with E-state index in [1.807, 2.05) is 0 Å². The van der Waals surface area contributed by atoms with E-state index in [0.717, 1.165) is 0 Å². The minimum absolute atomic E-state index is 0.0278. The topological polar surface area (TPSA) is 0 Å². The van der Waals surface area contributed by atoms with Crippen molar-refractivity contribution in [3.8, 4) is 0 Å². The Morgan fingerprint density at radius 3 is 2.33 bits per heavy atom. The Morgan fingerprint density at radius 2 is 2.33 bits per heavy atom. The second-order valence-corrected chi connectivity index (χ2v) is 0.910. The fourth-order valence-corrected chi connectivity index (χ4v) is 0.0772. The fraction of sp³-hybridized carbons (Fsp3) is 0.500. The standard InChI is InChI=1S/C4H6F2/c1-2-4(6)3-5/h3H,2H2,1H3/b4-3+. The number of hydrogen-bond acceptors (Lipinski definition) is 0. The van der Waals surface area contributed by atoms with Crippen molar-refractivity contribution in [3.63, 3.8) is 0 Å². The molecule has 0 bridgehead atoms. The van der Waals surface area contributed by atoms with Gasteiger partial charge in [-0.1, -0.05) is 6.92 Å². The van der Waals surface area contributed by atoms with Crippen LogP contribution in [-0.2, 0) is 0 Å². The van der Waals surface area contributed by atoms with Crippen LogP contribution in [0, 0.1) is 0 Å². The monoisotopic (exact) mass is 92.0 g/mol. The van der Waals surface area contributed by atoms with Gasteiger partial charge in [0.15, 0.2) is 0 Å². The van der Waals surface area contributed by atoms with E-state index in [1.165, 1.54) is 0 Å². The second-order valence-electron chi connectivity index (χ2n) is 0.910. The SMILES string of the molecule is CC/C(F)=C\F. The molecule has 0 aromatic heterocycles. The van der Waals surface area contributed by atoms with Gasteiger partial charge in [0.1, 0.15) is 12.2 Å². The summed E-state index contributed by atoms with van der Waals surface area (Å²) in [7, 11) is 0. The molecule has 0 saturated carbocycles. The van der Waals surface area contributed by atoms with Gasteiger partial charge in [-0.3, -0.25) is 0 Å². The largest absolute Gasteiger partial charge is 0.213 e. The first-order valence-corrected chi connectivity index (χ1v) is 1.76. The molecule has 36 valence electrons. The van der Waals surface area contributed by atoms with Crippen LogP contribution in [0.15, 0.2) is 12.2 Å². The summed E-state index contributed by atoms with van der Waals surface area (Å²) >= 11 is 0.